The SMILES string of the molecule is CCC(N)Cc1ccnc(Cc2ccccc2Br)n1. The summed E-state index contributed by atoms with van der Waals surface area (Å²) in [4.78, 5) is 8.92. The van der Waals surface area contributed by atoms with E-state index in [-0.39, 0.29) is 6.04 Å². The average molecular weight is 320 g/mol. The fourth-order valence-electron chi connectivity index (χ4n) is 1.87. The van der Waals surface area contributed by atoms with E-state index >= 15 is 0 Å². The van der Waals surface area contributed by atoms with Gasteiger partial charge >= 0.3 is 0 Å². The molecule has 100 valence electrons. The van der Waals surface area contributed by atoms with Crippen LogP contribution in [0.5, 0.6) is 0 Å². The van der Waals surface area contributed by atoms with Crippen LogP contribution in [-0.4, -0.2) is 16.0 Å². The van der Waals surface area contributed by atoms with Crippen LogP contribution in [0.25, 0.3) is 0 Å². The van der Waals surface area contributed by atoms with Crippen molar-refractivity contribution in [1.29, 1.82) is 0 Å². The molecule has 0 aliphatic heterocycles. The van der Waals surface area contributed by atoms with Crippen LogP contribution >= 0.6 is 15.9 Å². The number of nitrogens with two attached hydrogens (primary N) is 1. The van der Waals surface area contributed by atoms with Crippen LogP contribution in [0.15, 0.2) is 41.0 Å². The van der Waals surface area contributed by atoms with Gasteiger partial charge in [0.15, 0.2) is 0 Å². The summed E-state index contributed by atoms with van der Waals surface area (Å²) in [5, 5.41) is 0. The fourth-order valence-corrected chi connectivity index (χ4v) is 2.29. The van der Waals surface area contributed by atoms with Gasteiger partial charge in [0.2, 0.25) is 0 Å². The zero-order valence-corrected chi connectivity index (χ0v) is 12.6. The molecule has 0 spiro atoms. The van der Waals surface area contributed by atoms with Crippen molar-refractivity contribution in [3.63, 3.8) is 0 Å². The van der Waals surface area contributed by atoms with Crippen LogP contribution in [0.4, 0.5) is 0 Å². The molecule has 0 saturated carbocycles. The van der Waals surface area contributed by atoms with Crippen LogP contribution in [0, 0.1) is 0 Å². The van der Waals surface area contributed by atoms with Gasteiger partial charge < -0.3 is 5.73 Å². The van der Waals surface area contributed by atoms with Crippen molar-refractivity contribution >= 4 is 15.9 Å². The maximum absolute atomic E-state index is 5.96. The first-order chi connectivity index (χ1) is 9.19. The summed E-state index contributed by atoms with van der Waals surface area (Å²) in [7, 11) is 0. The highest BCUT2D eigenvalue weighted by Gasteiger charge is 2.06. The predicted molar refractivity (Wildman–Crippen MR) is 81.0 cm³/mol. The number of hydrogen-bond donors (Lipinski definition) is 1. The quantitative estimate of drug-likeness (QED) is 0.921. The molecule has 0 amide bonds. The molecule has 1 heterocycles. The van der Waals surface area contributed by atoms with Crippen LogP contribution in [-0.2, 0) is 12.8 Å². The summed E-state index contributed by atoms with van der Waals surface area (Å²) in [6, 6.07) is 10.3. The second-order valence-electron chi connectivity index (χ2n) is 4.60. The van der Waals surface area contributed by atoms with Gasteiger partial charge in [-0.2, -0.15) is 0 Å². The van der Waals surface area contributed by atoms with Gasteiger partial charge in [0.25, 0.3) is 0 Å². The molecule has 0 aliphatic carbocycles. The van der Waals surface area contributed by atoms with Gasteiger partial charge in [0.05, 0.1) is 0 Å². The molecule has 0 radical (unpaired) electrons. The van der Waals surface area contributed by atoms with Crippen molar-refractivity contribution in [2.45, 2.75) is 32.2 Å². The lowest BCUT2D eigenvalue weighted by Gasteiger charge is -2.09. The van der Waals surface area contributed by atoms with Crippen molar-refractivity contribution in [3.8, 4) is 0 Å². The van der Waals surface area contributed by atoms with Gasteiger partial charge in [-0.3, -0.25) is 0 Å². The Morgan fingerprint density at radius 3 is 2.79 bits per heavy atom. The first-order valence-corrected chi connectivity index (χ1v) is 7.28. The normalized spacial score (nSPS) is 12.4. The summed E-state index contributed by atoms with van der Waals surface area (Å²) >= 11 is 3.55. The maximum Gasteiger partial charge on any atom is 0.132 e. The summed E-state index contributed by atoms with van der Waals surface area (Å²) in [5.74, 6) is 0.840. The second kappa shape index (κ2) is 6.78. The van der Waals surface area contributed by atoms with Crippen LogP contribution in [0.1, 0.15) is 30.4 Å². The van der Waals surface area contributed by atoms with E-state index in [9.17, 15) is 0 Å². The van der Waals surface area contributed by atoms with Gasteiger partial charge in [-0.1, -0.05) is 41.1 Å². The molecule has 0 bridgehead atoms. The maximum atomic E-state index is 5.96. The van der Waals surface area contributed by atoms with E-state index in [4.69, 9.17) is 5.73 Å². The van der Waals surface area contributed by atoms with E-state index in [1.54, 1.807) is 0 Å². The van der Waals surface area contributed by atoms with Gasteiger partial charge in [-0.05, 0) is 24.1 Å². The summed E-state index contributed by atoms with van der Waals surface area (Å²) in [5.41, 5.74) is 8.18. The Kier molecular flexibility index (Phi) is 5.05. The van der Waals surface area contributed by atoms with Crippen molar-refractivity contribution < 1.29 is 0 Å². The van der Waals surface area contributed by atoms with E-state index in [0.29, 0.717) is 0 Å². The molecule has 19 heavy (non-hydrogen) atoms. The number of benzene rings is 1. The van der Waals surface area contributed by atoms with Crippen LogP contribution in [0.2, 0.25) is 0 Å². The van der Waals surface area contributed by atoms with Gasteiger partial charge in [0.1, 0.15) is 5.82 Å². The molecule has 2 N–H and O–H groups in total. The highest BCUT2D eigenvalue weighted by atomic mass is 79.9. The van der Waals surface area contributed by atoms with Gasteiger partial charge in [0, 0.05) is 35.2 Å². The smallest absolute Gasteiger partial charge is 0.132 e. The third-order valence-electron chi connectivity index (χ3n) is 3.07. The molecule has 2 aromatic rings. The molecule has 2 rings (SSSR count). The fraction of sp³-hybridized carbons (Fsp3) is 0.333. The largest absolute Gasteiger partial charge is 0.327 e. The van der Waals surface area contributed by atoms with E-state index < -0.39 is 0 Å². The number of nitrogens with zero attached hydrogens (tertiary/aromatic N) is 2. The lowest BCUT2D eigenvalue weighted by molar-refractivity contribution is 0.633. The van der Waals surface area contributed by atoms with E-state index in [0.717, 1.165) is 35.3 Å². The zero-order valence-electron chi connectivity index (χ0n) is 11.0. The summed E-state index contributed by atoms with van der Waals surface area (Å²) < 4.78 is 1.09. The molecule has 0 saturated heterocycles. The minimum Gasteiger partial charge on any atom is -0.327 e. The van der Waals surface area contributed by atoms with E-state index in [1.807, 2.05) is 30.5 Å². The number of halogens is 1. The van der Waals surface area contributed by atoms with Crippen LogP contribution < -0.4 is 5.73 Å². The van der Waals surface area contributed by atoms with Gasteiger partial charge in [-0.15, -0.1) is 0 Å². The monoisotopic (exact) mass is 319 g/mol. The third kappa shape index (κ3) is 4.11. The third-order valence-corrected chi connectivity index (χ3v) is 3.84. The molecule has 1 aromatic heterocycles. The minimum atomic E-state index is 0.172. The second-order valence-corrected chi connectivity index (χ2v) is 5.46. The Balaban J connectivity index is 2.13. The topological polar surface area (TPSA) is 51.8 Å². The Bertz CT molecular complexity index is 542. The summed E-state index contributed by atoms with van der Waals surface area (Å²) in [6.45, 7) is 2.09. The molecule has 1 unspecified atom stereocenters. The predicted octanol–water partition coefficient (Wildman–Crippen LogP) is 3.11. The molecular weight excluding hydrogens is 302 g/mol. The standard InChI is InChI=1S/C15H18BrN3/c1-2-12(17)10-13-7-8-18-15(19-13)9-11-5-3-4-6-14(11)16/h3-8,12H,2,9-10,17H2,1H3. The molecule has 4 heteroatoms. The summed E-state index contributed by atoms with van der Waals surface area (Å²) in [6.07, 6.45) is 4.32. The molecule has 3 nitrogen and oxygen atoms in total. The van der Waals surface area contributed by atoms with E-state index in [1.165, 1.54) is 5.56 Å². The minimum absolute atomic E-state index is 0.172. The molecule has 0 fully saturated rings. The number of aromatic nitrogens is 2. The Hall–Kier alpha value is -1.26. The Morgan fingerprint density at radius 1 is 1.26 bits per heavy atom. The Labute approximate surface area is 122 Å². The van der Waals surface area contributed by atoms with Crippen molar-refractivity contribution in [1.82, 2.24) is 9.97 Å². The zero-order chi connectivity index (χ0) is 13.7. The number of rotatable bonds is 5. The molecule has 1 aromatic carbocycles. The first kappa shape index (κ1) is 14.2. The van der Waals surface area contributed by atoms with Crippen molar-refractivity contribution in [2.75, 3.05) is 0 Å². The first-order valence-electron chi connectivity index (χ1n) is 6.48. The molecular formula is C15H18BrN3. The lowest BCUT2D eigenvalue weighted by Crippen LogP contribution is -2.22. The van der Waals surface area contributed by atoms with E-state index in [2.05, 4.69) is 38.9 Å². The van der Waals surface area contributed by atoms with Gasteiger partial charge in [-0.25, -0.2) is 9.97 Å². The molecule has 1 atom stereocenters. The van der Waals surface area contributed by atoms with Crippen molar-refractivity contribution in [3.05, 3.63) is 58.1 Å². The van der Waals surface area contributed by atoms with Crippen LogP contribution in [0.3, 0.4) is 0 Å². The van der Waals surface area contributed by atoms with Crippen molar-refractivity contribution in [2.24, 2.45) is 5.73 Å². The number of hydrogen-bond acceptors (Lipinski definition) is 3. The lowest BCUT2D eigenvalue weighted by atomic mass is 10.1. The Morgan fingerprint density at radius 2 is 2.05 bits per heavy atom. The highest BCUT2D eigenvalue weighted by molar-refractivity contribution is 9.10. The molecule has 0 aliphatic rings. The average Bonchev–Trinajstić information content (AvgIpc) is 2.42. The highest BCUT2D eigenvalue weighted by Crippen LogP contribution is 2.18.